The summed E-state index contributed by atoms with van der Waals surface area (Å²) >= 11 is 1.80. The van der Waals surface area contributed by atoms with E-state index < -0.39 is 0 Å². The molecule has 0 amide bonds. The Bertz CT molecular complexity index is 603. The molecule has 1 fully saturated rings. The van der Waals surface area contributed by atoms with Crippen LogP contribution in [0.25, 0.3) is 10.2 Å². The number of hydrogen-bond acceptors (Lipinski definition) is 3. The normalized spacial score (nSPS) is 14.6. The second-order valence-electron chi connectivity index (χ2n) is 5.77. The van der Waals surface area contributed by atoms with Crippen LogP contribution >= 0.6 is 35.3 Å². The number of para-hydroxylation sites is 1. The van der Waals surface area contributed by atoms with E-state index in [4.69, 9.17) is 0 Å². The van der Waals surface area contributed by atoms with E-state index in [1.54, 1.807) is 11.3 Å². The molecule has 0 radical (unpaired) electrons. The molecule has 1 aliphatic rings. The number of rotatable bonds is 7. The predicted molar refractivity (Wildman–Crippen MR) is 110 cm³/mol. The van der Waals surface area contributed by atoms with Crippen molar-refractivity contribution in [3.8, 4) is 0 Å². The molecule has 1 aromatic carbocycles. The van der Waals surface area contributed by atoms with Crippen LogP contribution in [-0.2, 0) is 6.42 Å². The summed E-state index contributed by atoms with van der Waals surface area (Å²) in [5.41, 5.74) is 1.12. The number of halogens is 1. The van der Waals surface area contributed by atoms with Crippen molar-refractivity contribution in [3.05, 3.63) is 29.3 Å². The molecular formula is C17H25IN4S. The summed E-state index contributed by atoms with van der Waals surface area (Å²) in [6.45, 7) is 4.92. The molecule has 0 aliphatic heterocycles. The van der Waals surface area contributed by atoms with Crippen molar-refractivity contribution in [1.82, 2.24) is 15.6 Å². The molecule has 1 heterocycles. The van der Waals surface area contributed by atoms with Crippen LogP contribution in [-0.4, -0.2) is 30.6 Å². The van der Waals surface area contributed by atoms with Gasteiger partial charge in [-0.05, 0) is 44.2 Å². The maximum atomic E-state index is 4.68. The molecule has 2 aromatic rings. The Hall–Kier alpha value is -0.890. The second kappa shape index (κ2) is 9.42. The smallest absolute Gasteiger partial charge is 0.191 e. The lowest BCUT2D eigenvalue weighted by Crippen LogP contribution is -2.38. The number of nitrogens with zero attached hydrogens (tertiary/aromatic N) is 2. The van der Waals surface area contributed by atoms with Crippen LogP contribution in [0.4, 0.5) is 0 Å². The number of aryl methyl sites for hydroxylation is 1. The molecule has 1 saturated carbocycles. The van der Waals surface area contributed by atoms with Gasteiger partial charge in [-0.2, -0.15) is 0 Å². The molecule has 3 rings (SSSR count). The Labute approximate surface area is 159 Å². The van der Waals surface area contributed by atoms with Gasteiger partial charge in [-0.15, -0.1) is 35.3 Å². The third-order valence-electron chi connectivity index (χ3n) is 3.75. The second-order valence-corrected chi connectivity index (χ2v) is 6.88. The van der Waals surface area contributed by atoms with E-state index in [9.17, 15) is 0 Å². The van der Waals surface area contributed by atoms with Crippen molar-refractivity contribution >= 4 is 51.5 Å². The van der Waals surface area contributed by atoms with E-state index in [0.29, 0.717) is 0 Å². The van der Waals surface area contributed by atoms with Crippen molar-refractivity contribution in [2.75, 3.05) is 19.6 Å². The van der Waals surface area contributed by atoms with Crippen LogP contribution in [0.15, 0.2) is 29.3 Å². The van der Waals surface area contributed by atoms with Crippen molar-refractivity contribution in [3.63, 3.8) is 0 Å². The number of fused-ring (bicyclic) bond motifs is 1. The largest absolute Gasteiger partial charge is 0.357 e. The van der Waals surface area contributed by atoms with E-state index in [1.807, 2.05) is 6.07 Å². The van der Waals surface area contributed by atoms with E-state index >= 15 is 0 Å². The van der Waals surface area contributed by atoms with Crippen molar-refractivity contribution < 1.29 is 0 Å². The molecule has 0 bridgehead atoms. The first kappa shape index (κ1) is 18.4. The fraction of sp³-hybridized carbons (Fsp3) is 0.529. The number of thiazole rings is 1. The molecule has 1 aromatic heterocycles. The standard InChI is InChI=1S/C17H24N4S.HI/c1-2-18-17(20-12-13-9-10-13)19-11-5-8-16-21-14-6-3-4-7-15(14)22-16;/h3-4,6-7,13H,2,5,8-12H2,1H3,(H2,18,19,20);1H. The van der Waals surface area contributed by atoms with Gasteiger partial charge >= 0.3 is 0 Å². The molecule has 23 heavy (non-hydrogen) atoms. The summed E-state index contributed by atoms with van der Waals surface area (Å²) in [6.07, 6.45) is 4.79. The number of aromatic nitrogens is 1. The predicted octanol–water partition coefficient (Wildman–Crippen LogP) is 3.81. The topological polar surface area (TPSA) is 49.3 Å². The molecule has 4 nitrogen and oxygen atoms in total. The number of hydrogen-bond donors (Lipinski definition) is 2. The summed E-state index contributed by atoms with van der Waals surface area (Å²) in [6, 6.07) is 8.35. The first-order chi connectivity index (χ1) is 10.8. The maximum absolute atomic E-state index is 4.68. The van der Waals surface area contributed by atoms with Gasteiger partial charge in [0.2, 0.25) is 0 Å². The summed E-state index contributed by atoms with van der Waals surface area (Å²) in [7, 11) is 0. The molecule has 126 valence electrons. The fourth-order valence-corrected chi connectivity index (χ4v) is 3.34. The lowest BCUT2D eigenvalue weighted by molar-refractivity contribution is 0.735. The van der Waals surface area contributed by atoms with E-state index in [0.717, 1.165) is 49.9 Å². The third-order valence-corrected chi connectivity index (χ3v) is 4.84. The van der Waals surface area contributed by atoms with Crippen LogP contribution in [0.3, 0.4) is 0 Å². The zero-order valence-electron chi connectivity index (χ0n) is 13.5. The van der Waals surface area contributed by atoms with Gasteiger partial charge in [-0.1, -0.05) is 12.1 Å². The molecule has 0 atom stereocenters. The van der Waals surface area contributed by atoms with Crippen LogP contribution < -0.4 is 10.6 Å². The first-order valence-corrected chi connectivity index (χ1v) is 9.03. The SMILES string of the molecule is CCNC(=NCC1CC1)NCCCc1nc2ccccc2s1.I. The quantitative estimate of drug-likeness (QED) is 0.296. The average Bonchev–Trinajstić information content (AvgIpc) is 3.26. The Morgan fingerprint density at radius 1 is 1.30 bits per heavy atom. The van der Waals surface area contributed by atoms with Gasteiger partial charge < -0.3 is 10.6 Å². The van der Waals surface area contributed by atoms with Crippen LogP contribution in [0.5, 0.6) is 0 Å². The first-order valence-electron chi connectivity index (χ1n) is 8.22. The van der Waals surface area contributed by atoms with Crippen LogP contribution in [0.1, 0.15) is 31.2 Å². The molecule has 1 aliphatic carbocycles. The molecule has 6 heteroatoms. The van der Waals surface area contributed by atoms with Crippen molar-refractivity contribution in [2.24, 2.45) is 10.9 Å². The Kier molecular flexibility index (Phi) is 7.55. The zero-order valence-corrected chi connectivity index (χ0v) is 16.7. The lowest BCUT2D eigenvalue weighted by Gasteiger charge is -2.10. The van der Waals surface area contributed by atoms with Gasteiger partial charge in [-0.3, -0.25) is 4.99 Å². The summed E-state index contributed by atoms with van der Waals surface area (Å²) in [5.74, 6) is 1.79. The number of aliphatic imine (C=N–C) groups is 1. The highest BCUT2D eigenvalue weighted by Crippen LogP contribution is 2.28. The minimum Gasteiger partial charge on any atom is -0.357 e. The van der Waals surface area contributed by atoms with Gasteiger partial charge in [0.1, 0.15) is 0 Å². The maximum Gasteiger partial charge on any atom is 0.191 e. The monoisotopic (exact) mass is 444 g/mol. The van der Waals surface area contributed by atoms with E-state index in [2.05, 4.69) is 45.7 Å². The highest BCUT2D eigenvalue weighted by molar-refractivity contribution is 14.0. The van der Waals surface area contributed by atoms with Crippen molar-refractivity contribution in [2.45, 2.75) is 32.6 Å². The minimum atomic E-state index is 0. The Balaban J connectivity index is 0.00000192. The van der Waals surface area contributed by atoms with Gasteiger partial charge in [0.15, 0.2) is 5.96 Å². The van der Waals surface area contributed by atoms with E-state index in [1.165, 1.54) is 22.5 Å². The van der Waals surface area contributed by atoms with Crippen LogP contribution in [0, 0.1) is 5.92 Å². The Morgan fingerprint density at radius 3 is 2.87 bits per heavy atom. The highest BCUT2D eigenvalue weighted by atomic mass is 127. The van der Waals surface area contributed by atoms with Crippen LogP contribution in [0.2, 0.25) is 0 Å². The molecule has 0 unspecified atom stereocenters. The van der Waals surface area contributed by atoms with Gasteiger partial charge in [0.05, 0.1) is 15.2 Å². The number of benzene rings is 1. The molecule has 2 N–H and O–H groups in total. The summed E-state index contributed by atoms with van der Waals surface area (Å²) < 4.78 is 1.28. The lowest BCUT2D eigenvalue weighted by atomic mass is 10.3. The number of nitrogens with one attached hydrogen (secondary N) is 2. The third kappa shape index (κ3) is 5.91. The van der Waals surface area contributed by atoms with Gasteiger partial charge in [-0.25, -0.2) is 4.98 Å². The zero-order chi connectivity index (χ0) is 15.2. The summed E-state index contributed by atoms with van der Waals surface area (Å²) in [4.78, 5) is 9.31. The highest BCUT2D eigenvalue weighted by Gasteiger charge is 2.20. The van der Waals surface area contributed by atoms with Crippen molar-refractivity contribution in [1.29, 1.82) is 0 Å². The Morgan fingerprint density at radius 2 is 2.13 bits per heavy atom. The summed E-state index contributed by atoms with van der Waals surface area (Å²) in [5, 5.41) is 7.96. The fourth-order valence-electron chi connectivity index (χ4n) is 2.34. The molecular weight excluding hydrogens is 419 g/mol. The molecule has 0 saturated heterocycles. The van der Waals surface area contributed by atoms with Gasteiger partial charge in [0.25, 0.3) is 0 Å². The average molecular weight is 444 g/mol. The molecule has 0 spiro atoms. The number of guanidine groups is 1. The van der Waals surface area contributed by atoms with E-state index in [-0.39, 0.29) is 24.0 Å². The minimum absolute atomic E-state index is 0. The van der Waals surface area contributed by atoms with Gasteiger partial charge in [0, 0.05) is 26.1 Å².